The molecule has 0 unspecified atom stereocenters. The van der Waals surface area contributed by atoms with Crippen molar-refractivity contribution >= 4 is 11.6 Å². The summed E-state index contributed by atoms with van der Waals surface area (Å²) in [6, 6.07) is 5.50. The van der Waals surface area contributed by atoms with Gasteiger partial charge in [0.1, 0.15) is 0 Å². The average Bonchev–Trinajstić information content (AvgIpc) is 2.32. The molecule has 1 saturated heterocycles. The van der Waals surface area contributed by atoms with Gasteiger partial charge in [-0.25, -0.2) is 0 Å². The van der Waals surface area contributed by atoms with E-state index in [4.69, 9.17) is 5.73 Å². The molecule has 0 radical (unpaired) electrons. The van der Waals surface area contributed by atoms with Crippen LogP contribution in [0.15, 0.2) is 18.2 Å². The summed E-state index contributed by atoms with van der Waals surface area (Å²) in [4.78, 5) is 16.5. The second-order valence-corrected chi connectivity index (χ2v) is 4.67. The summed E-state index contributed by atoms with van der Waals surface area (Å²) in [5.41, 5.74) is 8.10. The van der Waals surface area contributed by atoms with Crippen LogP contribution in [0.3, 0.4) is 0 Å². The summed E-state index contributed by atoms with van der Waals surface area (Å²) in [7, 11) is 2.08. The third-order valence-electron chi connectivity index (χ3n) is 3.28. The minimum absolute atomic E-state index is 0.0999. The van der Waals surface area contributed by atoms with Gasteiger partial charge >= 0.3 is 0 Å². The summed E-state index contributed by atoms with van der Waals surface area (Å²) in [6.07, 6.45) is 0. The lowest BCUT2D eigenvalue weighted by Gasteiger charge is -2.32. The fraction of sp³-hybridized carbons (Fsp3) is 0.462. The first kappa shape index (κ1) is 11.9. The maximum Gasteiger partial charge on any atom is 0.254 e. The molecule has 2 N–H and O–H groups in total. The van der Waals surface area contributed by atoms with E-state index in [0.29, 0.717) is 5.69 Å². The van der Waals surface area contributed by atoms with E-state index in [1.807, 2.05) is 24.0 Å². The summed E-state index contributed by atoms with van der Waals surface area (Å²) in [6.45, 7) is 5.41. The molecule has 4 nitrogen and oxygen atoms in total. The highest BCUT2D eigenvalue weighted by Crippen LogP contribution is 2.16. The predicted molar refractivity (Wildman–Crippen MR) is 69.0 cm³/mol. The monoisotopic (exact) mass is 233 g/mol. The van der Waals surface area contributed by atoms with Crippen molar-refractivity contribution in [2.24, 2.45) is 0 Å². The minimum Gasteiger partial charge on any atom is -0.399 e. The molecule has 17 heavy (non-hydrogen) atoms. The Morgan fingerprint density at radius 3 is 2.53 bits per heavy atom. The zero-order chi connectivity index (χ0) is 12.4. The minimum atomic E-state index is 0.0999. The number of nitrogen functional groups attached to an aromatic ring is 1. The van der Waals surface area contributed by atoms with Gasteiger partial charge in [-0.3, -0.25) is 4.79 Å². The van der Waals surface area contributed by atoms with Crippen LogP contribution in [0.1, 0.15) is 15.9 Å². The smallest absolute Gasteiger partial charge is 0.254 e. The van der Waals surface area contributed by atoms with Crippen LogP contribution >= 0.6 is 0 Å². The Kier molecular flexibility index (Phi) is 3.33. The van der Waals surface area contributed by atoms with E-state index in [1.54, 1.807) is 6.07 Å². The van der Waals surface area contributed by atoms with Crippen molar-refractivity contribution < 1.29 is 4.79 Å². The number of piperazine rings is 1. The number of anilines is 1. The van der Waals surface area contributed by atoms with Crippen LogP contribution in [-0.2, 0) is 0 Å². The Labute approximate surface area is 102 Å². The highest BCUT2D eigenvalue weighted by Gasteiger charge is 2.21. The average molecular weight is 233 g/mol. The standard InChI is InChI=1S/C13H19N3O/c1-10-3-4-11(14)9-12(10)13(17)16-7-5-15(2)6-8-16/h3-4,9H,5-8,14H2,1-2H3. The fourth-order valence-corrected chi connectivity index (χ4v) is 2.05. The third-order valence-corrected chi connectivity index (χ3v) is 3.28. The van der Waals surface area contributed by atoms with Gasteiger partial charge in [0, 0.05) is 37.4 Å². The van der Waals surface area contributed by atoms with E-state index >= 15 is 0 Å². The van der Waals surface area contributed by atoms with Crippen LogP contribution in [0.2, 0.25) is 0 Å². The number of carbonyl (C=O) groups excluding carboxylic acids is 1. The predicted octanol–water partition coefficient (Wildman–Crippen LogP) is 0.965. The third kappa shape index (κ3) is 2.58. The van der Waals surface area contributed by atoms with Gasteiger partial charge < -0.3 is 15.5 Å². The van der Waals surface area contributed by atoms with E-state index in [-0.39, 0.29) is 5.91 Å². The number of aryl methyl sites for hydroxylation is 1. The highest BCUT2D eigenvalue weighted by molar-refractivity contribution is 5.96. The Hall–Kier alpha value is -1.55. The SMILES string of the molecule is Cc1ccc(N)cc1C(=O)N1CCN(C)CC1. The molecule has 4 heteroatoms. The Balaban J connectivity index is 2.16. The lowest BCUT2D eigenvalue weighted by atomic mass is 10.1. The molecule has 1 amide bonds. The lowest BCUT2D eigenvalue weighted by molar-refractivity contribution is 0.0663. The maximum absolute atomic E-state index is 12.3. The Morgan fingerprint density at radius 2 is 1.88 bits per heavy atom. The van der Waals surface area contributed by atoms with E-state index in [1.165, 1.54) is 0 Å². The summed E-state index contributed by atoms with van der Waals surface area (Å²) in [5, 5.41) is 0. The molecule has 0 saturated carbocycles. The van der Waals surface area contributed by atoms with E-state index in [9.17, 15) is 4.79 Å². The molecule has 1 aliphatic rings. The van der Waals surface area contributed by atoms with Gasteiger partial charge in [0.15, 0.2) is 0 Å². The van der Waals surface area contributed by atoms with Crippen molar-refractivity contribution in [3.05, 3.63) is 29.3 Å². The molecule has 0 bridgehead atoms. The molecule has 1 heterocycles. The molecule has 92 valence electrons. The van der Waals surface area contributed by atoms with Crippen molar-refractivity contribution in [1.29, 1.82) is 0 Å². The topological polar surface area (TPSA) is 49.6 Å². The maximum atomic E-state index is 12.3. The Morgan fingerprint density at radius 1 is 1.24 bits per heavy atom. The van der Waals surface area contributed by atoms with Gasteiger partial charge in [-0.05, 0) is 31.7 Å². The van der Waals surface area contributed by atoms with Gasteiger partial charge in [-0.1, -0.05) is 6.07 Å². The zero-order valence-electron chi connectivity index (χ0n) is 10.4. The number of likely N-dealkylation sites (N-methyl/N-ethyl adjacent to an activating group) is 1. The van der Waals surface area contributed by atoms with Crippen molar-refractivity contribution in [2.45, 2.75) is 6.92 Å². The second kappa shape index (κ2) is 4.75. The van der Waals surface area contributed by atoms with E-state index in [2.05, 4.69) is 11.9 Å². The lowest BCUT2D eigenvalue weighted by Crippen LogP contribution is -2.47. The fourth-order valence-electron chi connectivity index (χ4n) is 2.05. The Bertz CT molecular complexity index is 423. The summed E-state index contributed by atoms with van der Waals surface area (Å²) >= 11 is 0. The molecule has 0 atom stereocenters. The number of benzene rings is 1. The van der Waals surface area contributed by atoms with Crippen molar-refractivity contribution in [2.75, 3.05) is 39.0 Å². The van der Waals surface area contributed by atoms with Gasteiger partial charge in [-0.15, -0.1) is 0 Å². The number of nitrogens with zero attached hydrogens (tertiary/aromatic N) is 2. The first-order chi connectivity index (χ1) is 8.08. The van der Waals surface area contributed by atoms with Crippen LogP contribution < -0.4 is 5.73 Å². The van der Waals surface area contributed by atoms with Crippen molar-refractivity contribution in [3.8, 4) is 0 Å². The molecule has 1 fully saturated rings. The number of nitrogens with two attached hydrogens (primary N) is 1. The van der Waals surface area contributed by atoms with Gasteiger partial charge in [0.25, 0.3) is 5.91 Å². The van der Waals surface area contributed by atoms with Crippen LogP contribution in [-0.4, -0.2) is 48.9 Å². The van der Waals surface area contributed by atoms with Crippen LogP contribution in [0, 0.1) is 6.92 Å². The number of hydrogen-bond acceptors (Lipinski definition) is 3. The summed E-state index contributed by atoms with van der Waals surface area (Å²) in [5.74, 6) is 0.0999. The zero-order valence-corrected chi connectivity index (χ0v) is 10.4. The number of amides is 1. The molecule has 0 aliphatic carbocycles. The van der Waals surface area contributed by atoms with E-state index in [0.717, 1.165) is 37.3 Å². The molecule has 0 spiro atoms. The molecule has 0 aromatic heterocycles. The largest absolute Gasteiger partial charge is 0.399 e. The van der Waals surface area contributed by atoms with Crippen LogP contribution in [0.5, 0.6) is 0 Å². The molecule has 1 aromatic carbocycles. The molecular formula is C13H19N3O. The van der Waals surface area contributed by atoms with Crippen LogP contribution in [0.4, 0.5) is 5.69 Å². The molecule has 1 aromatic rings. The van der Waals surface area contributed by atoms with Crippen molar-refractivity contribution in [3.63, 3.8) is 0 Å². The second-order valence-electron chi connectivity index (χ2n) is 4.67. The first-order valence-electron chi connectivity index (χ1n) is 5.92. The quantitative estimate of drug-likeness (QED) is 0.735. The molecule has 2 rings (SSSR count). The molecule has 1 aliphatic heterocycles. The van der Waals surface area contributed by atoms with Crippen molar-refractivity contribution in [1.82, 2.24) is 9.80 Å². The summed E-state index contributed by atoms with van der Waals surface area (Å²) < 4.78 is 0. The first-order valence-corrected chi connectivity index (χ1v) is 5.92. The van der Waals surface area contributed by atoms with Gasteiger partial charge in [-0.2, -0.15) is 0 Å². The number of carbonyl (C=O) groups is 1. The number of rotatable bonds is 1. The molecular weight excluding hydrogens is 214 g/mol. The van der Waals surface area contributed by atoms with E-state index < -0.39 is 0 Å². The van der Waals surface area contributed by atoms with Crippen LogP contribution in [0.25, 0.3) is 0 Å². The van der Waals surface area contributed by atoms with Gasteiger partial charge in [0.05, 0.1) is 0 Å². The number of hydrogen-bond donors (Lipinski definition) is 1. The highest BCUT2D eigenvalue weighted by atomic mass is 16.2. The normalized spacial score (nSPS) is 17.2. The van der Waals surface area contributed by atoms with Gasteiger partial charge in [0.2, 0.25) is 0 Å².